The van der Waals surface area contributed by atoms with E-state index in [-0.39, 0.29) is 33.8 Å². The van der Waals surface area contributed by atoms with E-state index in [4.69, 9.17) is 28.2 Å². The molecule has 3 aromatic carbocycles. The summed E-state index contributed by atoms with van der Waals surface area (Å²) in [6.07, 6.45) is 4.04. The number of benzene rings is 3. The summed E-state index contributed by atoms with van der Waals surface area (Å²) in [7, 11) is -3.45. The zero-order valence-corrected chi connectivity index (χ0v) is 25.8. The zero-order chi connectivity index (χ0) is 30.0. The minimum atomic E-state index is -3.45. The normalized spacial score (nSPS) is 27.3. The lowest BCUT2D eigenvalue weighted by Gasteiger charge is -2.43. The molecule has 4 aliphatic rings. The van der Waals surface area contributed by atoms with Crippen molar-refractivity contribution in [1.29, 1.82) is 0 Å². The number of likely N-dealkylation sites (tertiary alicyclic amines) is 1. The van der Waals surface area contributed by atoms with Crippen LogP contribution < -0.4 is 5.32 Å². The van der Waals surface area contributed by atoms with Crippen molar-refractivity contribution in [2.45, 2.75) is 67.1 Å². The van der Waals surface area contributed by atoms with Crippen LogP contribution in [0.15, 0.2) is 59.5 Å². The van der Waals surface area contributed by atoms with Gasteiger partial charge in [-0.2, -0.15) is 0 Å². The highest BCUT2D eigenvalue weighted by atomic mass is 35.5. The monoisotopic (exact) mass is 638 g/mol. The van der Waals surface area contributed by atoms with Gasteiger partial charge in [-0.3, -0.25) is 9.69 Å². The molecule has 1 saturated heterocycles. The third-order valence-corrected chi connectivity index (χ3v) is 11.8. The number of anilines is 1. The van der Waals surface area contributed by atoms with E-state index in [0.29, 0.717) is 40.7 Å². The first-order chi connectivity index (χ1) is 20.5. The number of nitrogens with zero attached hydrogens (tertiary/aromatic N) is 3. The fraction of sp³-hybridized carbons (Fsp3) is 0.375. The largest absolute Gasteiger partial charge is 0.328 e. The fourth-order valence-electron chi connectivity index (χ4n) is 8.29. The Labute approximate surface area is 258 Å². The second-order valence-corrected chi connectivity index (χ2v) is 15.3. The van der Waals surface area contributed by atoms with E-state index in [1.54, 1.807) is 42.5 Å². The maximum Gasteiger partial charge on any atom is 0.250 e. The number of halogens is 3. The molecular formula is C32H29Cl2FN4O3S. The lowest BCUT2D eigenvalue weighted by Crippen LogP contribution is -2.56. The van der Waals surface area contributed by atoms with Crippen LogP contribution in [0.1, 0.15) is 55.0 Å². The number of imidazole rings is 1. The summed E-state index contributed by atoms with van der Waals surface area (Å²) in [5.41, 5.74) is 1.90. The number of carbonyl (C=O) groups excluding carboxylic acids is 1. The van der Waals surface area contributed by atoms with Crippen LogP contribution in [0, 0.1) is 11.7 Å². The SMILES string of the molecule is CC(C1CC1)N1[C@H]2CCn3c(nc4cc(S(C)(=O)=O)ccc43)[C@H]2[C@H](c2cccc(Cl)c2F)[C@]12C(=O)Nc1cc(Cl)ccc12. The quantitative estimate of drug-likeness (QED) is 0.276. The standard InChI is InChI=1S/C32H29Cl2FN4O3S/c1-16(17-6-7-17)39-26-12-13-38-25-11-9-19(43(2,41)42)15-24(25)36-30(38)27(26)28(20-4-3-5-22(34)29(20)35)32(39)21-10-8-18(33)14-23(21)37-31(32)40/h3-5,8-11,14-17,26-28H,6-7,12-13H2,1-2H3,(H,37,40)/t16?,26-,27+,28-,32+/m0/s1. The molecule has 222 valence electrons. The Balaban J connectivity index is 1.45. The van der Waals surface area contributed by atoms with E-state index >= 15 is 4.39 Å². The summed E-state index contributed by atoms with van der Waals surface area (Å²) in [4.78, 5) is 22.3. The molecule has 4 heterocycles. The van der Waals surface area contributed by atoms with Gasteiger partial charge in [-0.25, -0.2) is 17.8 Å². The molecule has 1 N–H and O–H groups in total. The number of nitrogens with one attached hydrogen (secondary N) is 1. The summed E-state index contributed by atoms with van der Waals surface area (Å²) in [5, 5.41) is 3.62. The van der Waals surface area contributed by atoms with Gasteiger partial charge < -0.3 is 9.88 Å². The number of aryl methyl sites for hydroxylation is 1. The Hall–Kier alpha value is -2.98. The van der Waals surface area contributed by atoms with Crippen molar-refractivity contribution in [2.75, 3.05) is 11.6 Å². The van der Waals surface area contributed by atoms with E-state index in [1.165, 1.54) is 12.3 Å². The highest BCUT2D eigenvalue weighted by Crippen LogP contribution is 2.65. The van der Waals surface area contributed by atoms with Crippen LogP contribution in [0.25, 0.3) is 11.0 Å². The summed E-state index contributed by atoms with van der Waals surface area (Å²) in [6, 6.07) is 15.4. The van der Waals surface area contributed by atoms with Crippen molar-refractivity contribution in [2.24, 2.45) is 5.92 Å². The molecule has 4 aromatic rings. The molecule has 1 spiro atoms. The van der Waals surface area contributed by atoms with Crippen molar-refractivity contribution in [3.63, 3.8) is 0 Å². The maximum absolute atomic E-state index is 16.3. The maximum atomic E-state index is 16.3. The number of sulfone groups is 1. The predicted octanol–water partition coefficient (Wildman–Crippen LogP) is 6.49. The molecule has 1 aliphatic carbocycles. The van der Waals surface area contributed by atoms with Crippen LogP contribution in [-0.2, 0) is 26.7 Å². The number of carbonyl (C=O) groups is 1. The summed E-state index contributed by atoms with van der Waals surface area (Å²) < 4.78 is 43.2. The molecule has 2 fully saturated rings. The molecule has 3 aliphatic heterocycles. The van der Waals surface area contributed by atoms with Gasteiger partial charge in [0, 0.05) is 53.0 Å². The van der Waals surface area contributed by atoms with Gasteiger partial charge in [0.1, 0.15) is 17.2 Å². The average Bonchev–Trinajstić information content (AvgIpc) is 3.60. The van der Waals surface area contributed by atoms with Gasteiger partial charge in [-0.05, 0) is 74.1 Å². The third-order valence-electron chi connectivity index (χ3n) is 10.2. The van der Waals surface area contributed by atoms with Gasteiger partial charge >= 0.3 is 0 Å². The van der Waals surface area contributed by atoms with E-state index in [9.17, 15) is 13.2 Å². The second kappa shape index (κ2) is 9.27. The van der Waals surface area contributed by atoms with Crippen LogP contribution in [0.2, 0.25) is 10.0 Å². The summed E-state index contributed by atoms with van der Waals surface area (Å²) in [6.45, 7) is 2.82. The van der Waals surface area contributed by atoms with E-state index in [0.717, 1.165) is 29.7 Å². The van der Waals surface area contributed by atoms with E-state index in [1.807, 2.05) is 6.07 Å². The smallest absolute Gasteiger partial charge is 0.250 e. The number of amides is 1. The summed E-state index contributed by atoms with van der Waals surface area (Å²) in [5.74, 6) is -0.674. The molecule has 1 aromatic heterocycles. The average molecular weight is 640 g/mol. The van der Waals surface area contributed by atoms with Crippen LogP contribution in [-0.4, -0.2) is 47.1 Å². The van der Waals surface area contributed by atoms with Crippen molar-refractivity contribution in [3.05, 3.63) is 87.4 Å². The van der Waals surface area contributed by atoms with E-state index < -0.39 is 27.1 Å². The molecule has 1 amide bonds. The number of aromatic nitrogens is 2. The Bertz CT molecular complexity index is 1980. The molecular weight excluding hydrogens is 610 g/mol. The Morgan fingerprint density at radius 2 is 1.88 bits per heavy atom. The van der Waals surface area contributed by atoms with Gasteiger partial charge in [0.05, 0.1) is 21.0 Å². The molecule has 1 saturated carbocycles. The lowest BCUT2D eigenvalue weighted by molar-refractivity contribution is -0.129. The predicted molar refractivity (Wildman–Crippen MR) is 164 cm³/mol. The Kier molecular flexibility index (Phi) is 5.94. The number of hydrogen-bond donors (Lipinski definition) is 1. The first-order valence-electron chi connectivity index (χ1n) is 14.6. The third kappa shape index (κ3) is 3.78. The molecule has 1 unspecified atom stereocenters. The lowest BCUT2D eigenvalue weighted by atomic mass is 9.70. The minimum Gasteiger partial charge on any atom is -0.328 e. The van der Waals surface area contributed by atoms with Gasteiger partial charge in [0.25, 0.3) is 0 Å². The van der Waals surface area contributed by atoms with Crippen LogP contribution in [0.4, 0.5) is 10.1 Å². The number of hydrogen-bond acceptors (Lipinski definition) is 5. The van der Waals surface area contributed by atoms with Crippen LogP contribution in [0.5, 0.6) is 0 Å². The molecule has 5 atom stereocenters. The molecule has 11 heteroatoms. The first kappa shape index (κ1) is 27.6. The molecule has 8 rings (SSSR count). The van der Waals surface area contributed by atoms with E-state index in [2.05, 4.69) is 21.7 Å². The molecule has 7 nitrogen and oxygen atoms in total. The van der Waals surface area contributed by atoms with Gasteiger partial charge in [0.2, 0.25) is 5.91 Å². The Morgan fingerprint density at radius 3 is 2.63 bits per heavy atom. The zero-order valence-electron chi connectivity index (χ0n) is 23.5. The topological polar surface area (TPSA) is 84.3 Å². The number of fused-ring (bicyclic) bond motifs is 7. The van der Waals surface area contributed by atoms with Crippen molar-refractivity contribution in [3.8, 4) is 0 Å². The fourth-order valence-corrected chi connectivity index (χ4v) is 9.29. The molecule has 0 bridgehead atoms. The van der Waals surface area contributed by atoms with Crippen molar-refractivity contribution < 1.29 is 17.6 Å². The van der Waals surface area contributed by atoms with Crippen LogP contribution >= 0.6 is 23.2 Å². The summed E-state index contributed by atoms with van der Waals surface area (Å²) >= 11 is 12.8. The minimum absolute atomic E-state index is 0.00488. The van der Waals surface area contributed by atoms with Gasteiger partial charge in [-0.1, -0.05) is 41.4 Å². The van der Waals surface area contributed by atoms with Crippen molar-refractivity contribution >= 4 is 55.7 Å². The van der Waals surface area contributed by atoms with Crippen molar-refractivity contribution in [1.82, 2.24) is 14.5 Å². The first-order valence-corrected chi connectivity index (χ1v) is 17.2. The molecule has 0 radical (unpaired) electrons. The molecule has 43 heavy (non-hydrogen) atoms. The second-order valence-electron chi connectivity index (χ2n) is 12.4. The highest BCUT2D eigenvalue weighted by Gasteiger charge is 2.70. The van der Waals surface area contributed by atoms with Gasteiger partial charge in [0.15, 0.2) is 9.84 Å². The highest BCUT2D eigenvalue weighted by molar-refractivity contribution is 7.90. The Morgan fingerprint density at radius 1 is 1.09 bits per heavy atom. The van der Waals surface area contributed by atoms with Crippen LogP contribution in [0.3, 0.4) is 0 Å². The number of rotatable bonds is 4. The van der Waals surface area contributed by atoms with Gasteiger partial charge in [-0.15, -0.1) is 0 Å².